The molecule has 2 heterocycles. The Balaban J connectivity index is 1.71. The van der Waals surface area contributed by atoms with E-state index < -0.39 is 35.1 Å². The van der Waals surface area contributed by atoms with Gasteiger partial charge in [-0.3, -0.25) is 14.5 Å². The maximum atomic E-state index is 14.0. The van der Waals surface area contributed by atoms with Crippen molar-refractivity contribution in [2.24, 2.45) is 0 Å². The van der Waals surface area contributed by atoms with Crippen LogP contribution in [-0.4, -0.2) is 30.0 Å². The number of aliphatic hydroxyl groups is 1. The summed E-state index contributed by atoms with van der Waals surface area (Å²) in [5.74, 6) is -3.65. The first-order valence-corrected chi connectivity index (χ1v) is 10.6. The van der Waals surface area contributed by atoms with Gasteiger partial charge in [-0.15, -0.1) is 0 Å². The number of anilines is 1. The molecule has 6 nitrogen and oxygen atoms in total. The fraction of sp³-hybridized carbons (Fsp3) is 0.154. The van der Waals surface area contributed by atoms with Gasteiger partial charge < -0.3 is 14.6 Å². The average molecular weight is 463 g/mol. The van der Waals surface area contributed by atoms with Crippen LogP contribution in [-0.2, 0) is 9.59 Å². The largest absolute Gasteiger partial charge is 0.507 e. The lowest BCUT2D eigenvalue weighted by Gasteiger charge is -2.26. The Morgan fingerprint density at radius 1 is 0.941 bits per heavy atom. The van der Waals surface area contributed by atoms with Gasteiger partial charge in [-0.25, -0.2) is 8.78 Å². The predicted octanol–water partition coefficient (Wildman–Crippen LogP) is 4.67. The third-order valence-electron chi connectivity index (χ3n) is 5.80. The number of hydrogen-bond donors (Lipinski definition) is 1. The van der Waals surface area contributed by atoms with E-state index in [0.29, 0.717) is 30.3 Å². The van der Waals surface area contributed by atoms with Crippen molar-refractivity contribution in [1.29, 1.82) is 0 Å². The lowest BCUT2D eigenvalue weighted by Crippen LogP contribution is -2.29. The van der Waals surface area contributed by atoms with Gasteiger partial charge in [0.2, 0.25) is 0 Å². The van der Waals surface area contributed by atoms with E-state index in [4.69, 9.17) is 9.47 Å². The number of Topliss-reactive ketones (excluding diaryl/α,β-unsaturated/α-hetero) is 1. The molecule has 2 aliphatic rings. The summed E-state index contributed by atoms with van der Waals surface area (Å²) in [5.41, 5.74) is 1.46. The summed E-state index contributed by atoms with van der Waals surface area (Å²) >= 11 is 0. The van der Waals surface area contributed by atoms with Gasteiger partial charge in [0.05, 0.1) is 11.6 Å². The van der Waals surface area contributed by atoms with Gasteiger partial charge in [0.25, 0.3) is 11.7 Å². The van der Waals surface area contributed by atoms with E-state index in [0.717, 1.165) is 22.6 Å². The Kier molecular flexibility index (Phi) is 5.28. The summed E-state index contributed by atoms with van der Waals surface area (Å²) in [4.78, 5) is 27.4. The summed E-state index contributed by atoms with van der Waals surface area (Å²) in [6.07, 6.45) is 0. The Hall–Kier alpha value is -4.20. The molecule has 1 unspecified atom stereocenters. The van der Waals surface area contributed by atoms with Crippen LogP contribution in [0, 0.1) is 18.6 Å². The Morgan fingerprint density at radius 3 is 2.44 bits per heavy atom. The second kappa shape index (κ2) is 8.30. The van der Waals surface area contributed by atoms with Crippen LogP contribution in [0.3, 0.4) is 0 Å². The standard InChI is InChI=1S/C26H19F2NO5/c1-14-3-2-4-15(11-14)23-22(24(30)16-5-8-20-21(12-16)34-10-9-33-20)25(31)26(32)29(23)17-6-7-18(27)19(28)13-17/h2-8,11-13,23,30H,9-10H2,1H3/b24-22-. The third-order valence-corrected chi connectivity index (χ3v) is 5.80. The van der Waals surface area contributed by atoms with Gasteiger partial charge in [0.1, 0.15) is 19.0 Å². The summed E-state index contributed by atoms with van der Waals surface area (Å²) in [5, 5.41) is 11.2. The quantitative estimate of drug-likeness (QED) is 0.347. The van der Waals surface area contributed by atoms with E-state index in [1.165, 1.54) is 12.1 Å². The molecule has 1 saturated heterocycles. The summed E-state index contributed by atoms with van der Waals surface area (Å²) < 4.78 is 38.7. The van der Waals surface area contributed by atoms with E-state index in [1.54, 1.807) is 30.3 Å². The molecule has 3 aromatic rings. The third kappa shape index (κ3) is 3.57. The number of aryl methyl sites for hydroxylation is 1. The van der Waals surface area contributed by atoms with E-state index in [-0.39, 0.29) is 16.8 Å². The number of hydrogen-bond acceptors (Lipinski definition) is 5. The summed E-state index contributed by atoms with van der Waals surface area (Å²) in [6.45, 7) is 2.57. The molecule has 34 heavy (non-hydrogen) atoms. The minimum atomic E-state index is -1.16. The molecular weight excluding hydrogens is 444 g/mol. The SMILES string of the molecule is Cc1cccc(C2/C(=C(/O)c3ccc4c(c3)OCCO4)C(=O)C(=O)N2c2ccc(F)c(F)c2)c1. The number of rotatable bonds is 3. The lowest BCUT2D eigenvalue weighted by molar-refractivity contribution is -0.132. The van der Waals surface area contributed by atoms with Crippen LogP contribution >= 0.6 is 0 Å². The first-order chi connectivity index (χ1) is 16.3. The monoisotopic (exact) mass is 463 g/mol. The number of fused-ring (bicyclic) bond motifs is 1. The molecule has 1 atom stereocenters. The fourth-order valence-electron chi connectivity index (χ4n) is 4.24. The van der Waals surface area contributed by atoms with Crippen molar-refractivity contribution in [3.8, 4) is 11.5 Å². The highest BCUT2D eigenvalue weighted by Crippen LogP contribution is 2.43. The molecule has 172 valence electrons. The molecule has 0 radical (unpaired) electrons. The molecule has 0 bridgehead atoms. The Bertz CT molecular complexity index is 1370. The molecule has 0 spiro atoms. The van der Waals surface area contributed by atoms with Gasteiger partial charge in [0.15, 0.2) is 23.1 Å². The fourth-order valence-corrected chi connectivity index (χ4v) is 4.24. The second-order valence-electron chi connectivity index (χ2n) is 8.04. The Labute approximate surface area is 193 Å². The van der Waals surface area contributed by atoms with Crippen molar-refractivity contribution in [2.45, 2.75) is 13.0 Å². The molecule has 0 saturated carbocycles. The first kappa shape index (κ1) is 21.6. The minimum Gasteiger partial charge on any atom is -0.507 e. The Morgan fingerprint density at radius 2 is 1.71 bits per heavy atom. The number of nitrogens with zero attached hydrogens (tertiary/aromatic N) is 1. The van der Waals surface area contributed by atoms with Crippen LogP contribution in [0.1, 0.15) is 22.7 Å². The van der Waals surface area contributed by atoms with Crippen molar-refractivity contribution in [2.75, 3.05) is 18.1 Å². The van der Waals surface area contributed by atoms with Crippen molar-refractivity contribution in [3.63, 3.8) is 0 Å². The molecular formula is C26H19F2NO5. The predicted molar refractivity (Wildman–Crippen MR) is 120 cm³/mol. The number of aliphatic hydroxyl groups excluding tert-OH is 1. The molecule has 1 N–H and O–H groups in total. The van der Waals surface area contributed by atoms with Crippen molar-refractivity contribution in [3.05, 3.63) is 94.6 Å². The van der Waals surface area contributed by atoms with Crippen LogP contribution in [0.4, 0.5) is 14.5 Å². The highest BCUT2D eigenvalue weighted by Gasteiger charge is 2.47. The zero-order valence-corrected chi connectivity index (χ0v) is 18.0. The van der Waals surface area contributed by atoms with Crippen molar-refractivity contribution in [1.82, 2.24) is 0 Å². The smallest absolute Gasteiger partial charge is 0.300 e. The molecule has 0 aromatic heterocycles. The van der Waals surface area contributed by atoms with Gasteiger partial charge in [-0.2, -0.15) is 0 Å². The second-order valence-corrected chi connectivity index (χ2v) is 8.04. The van der Waals surface area contributed by atoms with Crippen LogP contribution in [0.5, 0.6) is 11.5 Å². The summed E-state index contributed by atoms with van der Waals surface area (Å²) in [6, 6.07) is 13.7. The van der Waals surface area contributed by atoms with Gasteiger partial charge >= 0.3 is 0 Å². The normalized spacial score (nSPS) is 18.9. The van der Waals surface area contributed by atoms with Crippen molar-refractivity contribution >= 4 is 23.1 Å². The van der Waals surface area contributed by atoms with E-state index >= 15 is 0 Å². The zero-order valence-electron chi connectivity index (χ0n) is 18.0. The van der Waals surface area contributed by atoms with E-state index in [9.17, 15) is 23.5 Å². The number of ketones is 1. The highest BCUT2D eigenvalue weighted by atomic mass is 19.2. The lowest BCUT2D eigenvalue weighted by atomic mass is 9.94. The minimum absolute atomic E-state index is 0.00581. The highest BCUT2D eigenvalue weighted by molar-refractivity contribution is 6.51. The van der Waals surface area contributed by atoms with Crippen LogP contribution < -0.4 is 14.4 Å². The average Bonchev–Trinajstić information content (AvgIpc) is 3.10. The topological polar surface area (TPSA) is 76.1 Å². The zero-order chi connectivity index (χ0) is 24.0. The molecule has 1 fully saturated rings. The molecule has 2 aliphatic heterocycles. The van der Waals surface area contributed by atoms with E-state index in [2.05, 4.69) is 0 Å². The number of carbonyl (C=O) groups excluding carboxylic acids is 2. The number of halogens is 2. The number of ether oxygens (including phenoxy) is 2. The van der Waals surface area contributed by atoms with Crippen LogP contribution in [0.25, 0.3) is 5.76 Å². The van der Waals surface area contributed by atoms with Crippen LogP contribution in [0.2, 0.25) is 0 Å². The molecule has 8 heteroatoms. The molecule has 5 rings (SSSR count). The molecule has 0 aliphatic carbocycles. The van der Waals surface area contributed by atoms with Crippen LogP contribution in [0.15, 0.2) is 66.2 Å². The van der Waals surface area contributed by atoms with Gasteiger partial charge in [-0.1, -0.05) is 29.8 Å². The maximum absolute atomic E-state index is 14.0. The maximum Gasteiger partial charge on any atom is 0.300 e. The van der Waals surface area contributed by atoms with E-state index in [1.807, 2.05) is 13.0 Å². The van der Waals surface area contributed by atoms with Gasteiger partial charge in [0, 0.05) is 17.3 Å². The molecule has 3 aromatic carbocycles. The molecule has 1 amide bonds. The van der Waals surface area contributed by atoms with Crippen molar-refractivity contribution < 1.29 is 33.0 Å². The van der Waals surface area contributed by atoms with Gasteiger partial charge in [-0.05, 0) is 42.8 Å². The summed E-state index contributed by atoms with van der Waals surface area (Å²) in [7, 11) is 0. The number of carbonyl (C=O) groups is 2. The first-order valence-electron chi connectivity index (χ1n) is 10.6. The number of amides is 1. The number of benzene rings is 3.